The van der Waals surface area contributed by atoms with Crippen LogP contribution < -0.4 is 0 Å². The number of carbonyl (C=O) groups excluding carboxylic acids is 1. The molecule has 2 fully saturated rings. The number of amides is 1. The fraction of sp³-hybridized carbons (Fsp3) is 0.474. The van der Waals surface area contributed by atoms with Crippen LogP contribution in [0.15, 0.2) is 36.4 Å². The lowest BCUT2D eigenvalue weighted by atomic mass is 9.79. The number of aliphatic hydroxyl groups excluding tert-OH is 1. The van der Waals surface area contributed by atoms with E-state index < -0.39 is 0 Å². The van der Waals surface area contributed by atoms with Gasteiger partial charge in [-0.15, -0.1) is 0 Å². The molecule has 0 radical (unpaired) electrons. The average Bonchev–Trinajstić information content (AvgIpc) is 3.27. The first-order chi connectivity index (χ1) is 12.1. The summed E-state index contributed by atoms with van der Waals surface area (Å²) in [5, 5.41) is 17.2. The Morgan fingerprint density at radius 3 is 2.92 bits per heavy atom. The van der Waals surface area contributed by atoms with E-state index >= 15 is 0 Å². The van der Waals surface area contributed by atoms with E-state index in [-0.39, 0.29) is 23.7 Å². The van der Waals surface area contributed by atoms with Crippen LogP contribution in [0.2, 0.25) is 0 Å². The van der Waals surface area contributed by atoms with Crippen molar-refractivity contribution in [3.05, 3.63) is 42.1 Å². The zero-order valence-corrected chi connectivity index (χ0v) is 14.3. The van der Waals surface area contributed by atoms with Crippen LogP contribution >= 0.6 is 0 Å². The smallest absolute Gasteiger partial charge is 0.272 e. The molecule has 1 aromatic carbocycles. The Balaban J connectivity index is 1.58. The minimum atomic E-state index is -0.372. The van der Waals surface area contributed by atoms with Crippen LogP contribution in [0.1, 0.15) is 36.2 Å². The molecule has 1 saturated heterocycles. The molecular formula is C19H23N3O3. The molecule has 2 aromatic rings. The number of aromatic amines is 1. The highest BCUT2D eigenvalue weighted by Crippen LogP contribution is 2.42. The van der Waals surface area contributed by atoms with Gasteiger partial charge in [0.05, 0.1) is 23.4 Å². The van der Waals surface area contributed by atoms with Gasteiger partial charge < -0.3 is 14.7 Å². The molecule has 132 valence electrons. The molecule has 1 saturated carbocycles. The number of hydrogen-bond acceptors (Lipinski definition) is 4. The monoisotopic (exact) mass is 341 g/mol. The summed E-state index contributed by atoms with van der Waals surface area (Å²) in [4.78, 5) is 14.9. The maximum atomic E-state index is 13.0. The number of fused-ring (bicyclic) bond motifs is 1. The second-order valence-corrected chi connectivity index (χ2v) is 6.99. The van der Waals surface area contributed by atoms with Crippen molar-refractivity contribution in [1.82, 2.24) is 15.1 Å². The third kappa shape index (κ3) is 2.75. The highest BCUT2D eigenvalue weighted by Gasteiger charge is 2.52. The summed E-state index contributed by atoms with van der Waals surface area (Å²) in [7, 11) is 1.71. The number of hydrogen-bond donors (Lipinski definition) is 2. The maximum Gasteiger partial charge on any atom is 0.272 e. The Bertz CT molecular complexity index is 760. The van der Waals surface area contributed by atoms with Crippen molar-refractivity contribution in [2.24, 2.45) is 0 Å². The van der Waals surface area contributed by atoms with Crippen LogP contribution in [0, 0.1) is 0 Å². The number of H-pyrrole nitrogens is 1. The number of carbonyl (C=O) groups is 1. The molecule has 4 rings (SSSR count). The lowest BCUT2D eigenvalue weighted by Crippen LogP contribution is -2.52. The molecule has 1 aliphatic carbocycles. The van der Waals surface area contributed by atoms with Crippen LogP contribution in [-0.4, -0.2) is 57.5 Å². The SMILES string of the molecule is CO[C@@]12CC[C@@H](O)C[C@@H]1N(C(=O)c1cc(-c3ccccc3)n[nH]1)CC2. The maximum absolute atomic E-state index is 13.0. The molecule has 6 heteroatoms. The van der Waals surface area contributed by atoms with Gasteiger partial charge in [-0.1, -0.05) is 30.3 Å². The Labute approximate surface area is 146 Å². The van der Waals surface area contributed by atoms with Crippen molar-refractivity contribution in [3.63, 3.8) is 0 Å². The van der Waals surface area contributed by atoms with Gasteiger partial charge in [-0.25, -0.2) is 0 Å². The number of aromatic nitrogens is 2. The van der Waals surface area contributed by atoms with Gasteiger partial charge in [-0.3, -0.25) is 9.89 Å². The fourth-order valence-electron chi connectivity index (χ4n) is 4.26. The van der Waals surface area contributed by atoms with Gasteiger partial charge in [0.2, 0.25) is 0 Å². The summed E-state index contributed by atoms with van der Waals surface area (Å²) < 4.78 is 5.81. The van der Waals surface area contributed by atoms with Crippen molar-refractivity contribution in [1.29, 1.82) is 0 Å². The number of nitrogens with one attached hydrogen (secondary N) is 1. The summed E-state index contributed by atoms with van der Waals surface area (Å²) >= 11 is 0. The highest BCUT2D eigenvalue weighted by molar-refractivity contribution is 5.94. The molecule has 6 nitrogen and oxygen atoms in total. The number of benzene rings is 1. The molecule has 2 N–H and O–H groups in total. The van der Waals surface area contributed by atoms with E-state index in [1.54, 1.807) is 13.2 Å². The second-order valence-electron chi connectivity index (χ2n) is 6.99. The molecule has 2 aliphatic rings. The van der Waals surface area contributed by atoms with Crippen molar-refractivity contribution < 1.29 is 14.6 Å². The molecule has 0 bridgehead atoms. The summed E-state index contributed by atoms with van der Waals surface area (Å²) in [6.07, 6.45) is 2.53. The van der Waals surface area contributed by atoms with Crippen molar-refractivity contribution >= 4 is 5.91 Å². The standard InChI is InChI=1S/C19H23N3O3/c1-25-19-8-7-14(23)11-17(19)22(10-9-19)18(24)16-12-15(20-21-16)13-5-3-2-4-6-13/h2-6,12,14,17,23H,7-11H2,1H3,(H,20,21)/t14-,17+,19-/m1/s1. The summed E-state index contributed by atoms with van der Waals surface area (Å²) in [6.45, 7) is 0.643. The predicted octanol–water partition coefficient (Wildman–Crippen LogP) is 2.22. The van der Waals surface area contributed by atoms with Crippen LogP contribution in [0.25, 0.3) is 11.3 Å². The van der Waals surface area contributed by atoms with Crippen LogP contribution in [0.3, 0.4) is 0 Å². The second kappa shape index (κ2) is 6.28. The Hall–Kier alpha value is -2.18. The van der Waals surface area contributed by atoms with Gasteiger partial charge in [-0.2, -0.15) is 5.10 Å². The number of rotatable bonds is 3. The average molecular weight is 341 g/mol. The lowest BCUT2D eigenvalue weighted by molar-refractivity contribution is -0.0824. The first-order valence-corrected chi connectivity index (χ1v) is 8.78. The van der Waals surface area contributed by atoms with Crippen molar-refractivity contribution in [2.45, 2.75) is 43.4 Å². The van der Waals surface area contributed by atoms with Gasteiger partial charge in [0, 0.05) is 19.2 Å². The number of ether oxygens (including phenoxy) is 1. The summed E-state index contributed by atoms with van der Waals surface area (Å²) in [5.41, 5.74) is 1.88. The highest BCUT2D eigenvalue weighted by atomic mass is 16.5. The van der Waals surface area contributed by atoms with Crippen LogP contribution in [-0.2, 0) is 4.74 Å². The van der Waals surface area contributed by atoms with Crippen LogP contribution in [0.4, 0.5) is 0 Å². The van der Waals surface area contributed by atoms with Gasteiger partial charge in [-0.05, 0) is 31.7 Å². The molecule has 3 atom stereocenters. The quantitative estimate of drug-likeness (QED) is 0.897. The van der Waals surface area contributed by atoms with E-state index in [2.05, 4.69) is 10.2 Å². The fourth-order valence-corrected chi connectivity index (χ4v) is 4.26. The van der Waals surface area contributed by atoms with E-state index in [1.165, 1.54) is 0 Å². The first kappa shape index (κ1) is 16.3. The molecule has 0 spiro atoms. The van der Waals surface area contributed by atoms with Gasteiger partial charge in [0.25, 0.3) is 5.91 Å². The first-order valence-electron chi connectivity index (χ1n) is 8.78. The molecule has 2 heterocycles. The molecule has 1 aromatic heterocycles. The van der Waals surface area contributed by atoms with Crippen LogP contribution in [0.5, 0.6) is 0 Å². The normalized spacial score (nSPS) is 28.8. The zero-order chi connectivity index (χ0) is 17.4. The lowest BCUT2D eigenvalue weighted by Gasteiger charge is -2.42. The molecule has 0 unspecified atom stereocenters. The Morgan fingerprint density at radius 1 is 1.36 bits per heavy atom. The summed E-state index contributed by atoms with van der Waals surface area (Å²) in [6, 6.07) is 11.5. The largest absolute Gasteiger partial charge is 0.393 e. The zero-order valence-electron chi connectivity index (χ0n) is 14.3. The number of methoxy groups -OCH3 is 1. The van der Waals surface area contributed by atoms with E-state index in [0.29, 0.717) is 18.7 Å². The third-order valence-corrected chi connectivity index (χ3v) is 5.70. The van der Waals surface area contributed by atoms with E-state index in [4.69, 9.17) is 4.74 Å². The third-order valence-electron chi connectivity index (χ3n) is 5.70. The van der Waals surface area contributed by atoms with Crippen molar-refractivity contribution in [2.75, 3.05) is 13.7 Å². The number of aliphatic hydroxyl groups is 1. The van der Waals surface area contributed by atoms with Gasteiger partial charge >= 0.3 is 0 Å². The van der Waals surface area contributed by atoms with E-state index in [9.17, 15) is 9.90 Å². The topological polar surface area (TPSA) is 78.5 Å². The van der Waals surface area contributed by atoms with Gasteiger partial charge in [0.1, 0.15) is 5.69 Å². The molecule has 1 aliphatic heterocycles. The molecule has 25 heavy (non-hydrogen) atoms. The van der Waals surface area contributed by atoms with Crippen molar-refractivity contribution in [3.8, 4) is 11.3 Å². The Morgan fingerprint density at radius 2 is 2.16 bits per heavy atom. The molecular weight excluding hydrogens is 318 g/mol. The van der Waals surface area contributed by atoms with E-state index in [0.717, 1.165) is 30.5 Å². The van der Waals surface area contributed by atoms with Gasteiger partial charge in [0.15, 0.2) is 0 Å². The Kier molecular flexibility index (Phi) is 4.09. The molecule has 1 amide bonds. The predicted molar refractivity (Wildman–Crippen MR) is 93.1 cm³/mol. The van der Waals surface area contributed by atoms with E-state index in [1.807, 2.05) is 35.2 Å². The minimum Gasteiger partial charge on any atom is -0.393 e. The number of likely N-dealkylation sites (tertiary alicyclic amines) is 1. The minimum absolute atomic E-state index is 0.0762. The summed E-state index contributed by atoms with van der Waals surface area (Å²) in [5.74, 6) is -0.0762. The number of nitrogens with zero attached hydrogens (tertiary/aromatic N) is 2.